The molecule has 0 saturated heterocycles. The number of alkyl halides is 3. The van der Waals surface area contributed by atoms with E-state index in [1.54, 1.807) is 0 Å². The van der Waals surface area contributed by atoms with Crippen LogP contribution in [0.1, 0.15) is 55.5 Å². The monoisotopic (exact) mass is 474 g/mol. The molecule has 1 aliphatic heterocycles. The van der Waals surface area contributed by atoms with E-state index >= 15 is 0 Å². The first-order valence-electron chi connectivity index (χ1n) is 10.9. The Morgan fingerprint density at radius 1 is 0.941 bits per heavy atom. The van der Waals surface area contributed by atoms with Crippen LogP contribution in [-0.2, 0) is 30.2 Å². The number of hydrogen-bond donors (Lipinski definition) is 2. The largest absolute Gasteiger partial charge is 0.507 e. The highest BCUT2D eigenvalue weighted by Crippen LogP contribution is 2.48. The molecule has 0 amide bonds. The first-order valence-corrected chi connectivity index (χ1v) is 10.9. The highest BCUT2D eigenvalue weighted by atomic mass is 19.4. The first kappa shape index (κ1) is 25.3. The summed E-state index contributed by atoms with van der Waals surface area (Å²) in [7, 11) is 1.44. The molecule has 0 fully saturated rings. The molecule has 4 nitrogen and oxygen atoms in total. The van der Waals surface area contributed by atoms with Gasteiger partial charge in [0.2, 0.25) is 0 Å². The van der Waals surface area contributed by atoms with Crippen LogP contribution in [0, 0.1) is 0 Å². The molecule has 3 rings (SSSR count). The third kappa shape index (κ3) is 5.24. The fraction of sp³-hybridized carbons (Fsp3) is 0.333. The number of methoxy groups -OCH3 is 1. The van der Waals surface area contributed by atoms with Gasteiger partial charge in [0.25, 0.3) is 0 Å². The Labute approximate surface area is 197 Å². The summed E-state index contributed by atoms with van der Waals surface area (Å²) in [6.45, 7) is 7.74. The van der Waals surface area contributed by atoms with Gasteiger partial charge in [0, 0.05) is 28.7 Å². The molecule has 2 aromatic carbocycles. The Bertz CT molecular complexity index is 1160. The van der Waals surface area contributed by atoms with Crippen LogP contribution >= 0.6 is 0 Å². The zero-order valence-electron chi connectivity index (χ0n) is 19.9. The van der Waals surface area contributed by atoms with Crippen molar-refractivity contribution < 1.29 is 32.9 Å². The smallest absolute Gasteiger partial charge is 0.416 e. The highest BCUT2D eigenvalue weighted by molar-refractivity contribution is 5.73. The molecule has 1 aliphatic rings. The number of rotatable bonds is 6. The van der Waals surface area contributed by atoms with Gasteiger partial charge in [-0.05, 0) is 52.7 Å². The predicted molar refractivity (Wildman–Crippen MR) is 126 cm³/mol. The van der Waals surface area contributed by atoms with E-state index in [9.17, 15) is 23.4 Å². The van der Waals surface area contributed by atoms with Gasteiger partial charge in [-0.1, -0.05) is 35.4 Å². The Morgan fingerprint density at radius 2 is 1.50 bits per heavy atom. The van der Waals surface area contributed by atoms with Crippen molar-refractivity contribution in [3.8, 4) is 17.2 Å². The van der Waals surface area contributed by atoms with Crippen LogP contribution < -0.4 is 4.74 Å². The van der Waals surface area contributed by atoms with E-state index in [1.807, 2.05) is 39.8 Å². The van der Waals surface area contributed by atoms with Gasteiger partial charge in [0.05, 0.1) is 12.7 Å². The maximum Gasteiger partial charge on any atom is 0.416 e. The van der Waals surface area contributed by atoms with Crippen LogP contribution in [0.4, 0.5) is 13.2 Å². The first-order chi connectivity index (χ1) is 15.9. The third-order valence-corrected chi connectivity index (χ3v) is 5.64. The summed E-state index contributed by atoms with van der Waals surface area (Å²) in [5.41, 5.74) is 3.09. The Morgan fingerprint density at radius 3 is 2.00 bits per heavy atom. The number of ether oxygens (including phenoxy) is 2. The van der Waals surface area contributed by atoms with Crippen molar-refractivity contribution in [1.29, 1.82) is 0 Å². The number of benzene rings is 2. The molecule has 0 spiro atoms. The lowest BCUT2D eigenvalue weighted by molar-refractivity contribution is -0.137. The van der Waals surface area contributed by atoms with Crippen LogP contribution in [0.25, 0.3) is 5.76 Å². The summed E-state index contributed by atoms with van der Waals surface area (Å²) in [5, 5.41) is 22.1. The lowest BCUT2D eigenvalue weighted by Crippen LogP contribution is -2.14. The average molecular weight is 475 g/mol. The van der Waals surface area contributed by atoms with Gasteiger partial charge in [0.15, 0.2) is 5.76 Å². The molecule has 2 N–H and O–H groups in total. The minimum absolute atomic E-state index is 0.0566. The van der Waals surface area contributed by atoms with Crippen molar-refractivity contribution in [2.45, 2.75) is 53.1 Å². The minimum atomic E-state index is -4.45. The van der Waals surface area contributed by atoms with E-state index in [1.165, 1.54) is 19.2 Å². The molecule has 0 saturated carbocycles. The number of aromatic hydroxyl groups is 2. The fourth-order valence-electron chi connectivity index (χ4n) is 3.75. The number of allylic oxidation sites excluding steroid dienone is 5. The van der Waals surface area contributed by atoms with E-state index in [4.69, 9.17) is 9.47 Å². The van der Waals surface area contributed by atoms with Gasteiger partial charge in [-0.15, -0.1) is 0 Å². The van der Waals surface area contributed by atoms with Crippen molar-refractivity contribution in [3.63, 3.8) is 0 Å². The molecule has 34 heavy (non-hydrogen) atoms. The maximum absolute atomic E-state index is 13.0. The second-order valence-electron chi connectivity index (χ2n) is 8.74. The average Bonchev–Trinajstić information content (AvgIpc) is 2.77. The summed E-state index contributed by atoms with van der Waals surface area (Å²) in [5.74, 6) is 0.780. The summed E-state index contributed by atoms with van der Waals surface area (Å²) < 4.78 is 50.7. The molecular formula is C27H29F3O4. The lowest BCUT2D eigenvalue weighted by Gasteiger charge is -2.27. The third-order valence-electron chi connectivity index (χ3n) is 5.64. The highest BCUT2D eigenvalue weighted by Gasteiger charge is 2.33. The molecule has 0 aromatic heterocycles. The van der Waals surface area contributed by atoms with Crippen molar-refractivity contribution >= 4 is 5.76 Å². The van der Waals surface area contributed by atoms with E-state index in [-0.39, 0.29) is 23.7 Å². The standard InChI is InChI=1S/C27H29F3O4/c1-15(2)6-12-19-23(31)20(13-7-16(3)4)26-21(24(19)32)14-22(33-5)25(34-26)17-8-10-18(11-9-17)27(28,29)30/h6-11,31-32H,12-14H2,1-5H3. The Kier molecular flexibility index (Phi) is 7.34. The second kappa shape index (κ2) is 9.87. The fourth-order valence-corrected chi connectivity index (χ4v) is 3.75. The second-order valence-corrected chi connectivity index (χ2v) is 8.74. The molecule has 0 aliphatic carbocycles. The topological polar surface area (TPSA) is 58.9 Å². The van der Waals surface area contributed by atoms with Crippen LogP contribution in [0.5, 0.6) is 17.2 Å². The molecule has 0 radical (unpaired) electrons. The number of halogens is 3. The number of hydrogen-bond acceptors (Lipinski definition) is 4. The van der Waals surface area contributed by atoms with Gasteiger partial charge < -0.3 is 19.7 Å². The summed E-state index contributed by atoms with van der Waals surface area (Å²) >= 11 is 0. The Balaban J connectivity index is 2.16. The van der Waals surface area contributed by atoms with E-state index in [0.29, 0.717) is 46.6 Å². The van der Waals surface area contributed by atoms with Crippen LogP contribution in [0.15, 0.2) is 53.3 Å². The molecule has 0 unspecified atom stereocenters. The lowest BCUT2D eigenvalue weighted by atomic mass is 9.91. The predicted octanol–water partition coefficient (Wildman–Crippen LogP) is 7.08. The number of phenols is 2. The molecule has 2 aromatic rings. The van der Waals surface area contributed by atoms with E-state index in [0.717, 1.165) is 23.3 Å². The van der Waals surface area contributed by atoms with Crippen LogP contribution in [-0.4, -0.2) is 17.3 Å². The van der Waals surface area contributed by atoms with Gasteiger partial charge in [-0.3, -0.25) is 0 Å². The van der Waals surface area contributed by atoms with Crippen LogP contribution in [0.3, 0.4) is 0 Å². The van der Waals surface area contributed by atoms with Crippen molar-refractivity contribution in [2.75, 3.05) is 7.11 Å². The molecule has 1 heterocycles. The summed E-state index contributed by atoms with van der Waals surface area (Å²) in [6.07, 6.45) is 0.268. The minimum Gasteiger partial charge on any atom is -0.507 e. The summed E-state index contributed by atoms with van der Waals surface area (Å²) in [6, 6.07) is 4.60. The van der Waals surface area contributed by atoms with Gasteiger partial charge in [-0.2, -0.15) is 13.2 Å². The van der Waals surface area contributed by atoms with Crippen LogP contribution in [0.2, 0.25) is 0 Å². The molecule has 0 bridgehead atoms. The van der Waals surface area contributed by atoms with Gasteiger partial charge in [-0.25, -0.2) is 0 Å². The summed E-state index contributed by atoms with van der Waals surface area (Å²) in [4.78, 5) is 0. The van der Waals surface area contributed by atoms with Gasteiger partial charge in [0.1, 0.15) is 23.0 Å². The number of phenolic OH excluding ortho intramolecular Hbond substituents is 2. The van der Waals surface area contributed by atoms with E-state index < -0.39 is 11.7 Å². The number of fused-ring (bicyclic) bond motifs is 1. The van der Waals surface area contributed by atoms with Crippen molar-refractivity contribution in [3.05, 3.63) is 81.1 Å². The van der Waals surface area contributed by atoms with E-state index in [2.05, 4.69) is 0 Å². The Hall–Kier alpha value is -3.35. The SMILES string of the molecule is COC1=C(c2ccc(C(F)(F)F)cc2)Oc2c(CC=C(C)C)c(O)c(CC=C(C)C)c(O)c2C1. The molecular weight excluding hydrogens is 445 g/mol. The van der Waals surface area contributed by atoms with Crippen molar-refractivity contribution in [2.24, 2.45) is 0 Å². The maximum atomic E-state index is 13.0. The molecule has 182 valence electrons. The zero-order chi connectivity index (χ0) is 25.2. The normalized spacial score (nSPS) is 13.2. The van der Waals surface area contributed by atoms with Crippen molar-refractivity contribution in [1.82, 2.24) is 0 Å². The molecule has 7 heteroatoms. The molecule has 0 atom stereocenters. The zero-order valence-corrected chi connectivity index (χ0v) is 19.9. The van der Waals surface area contributed by atoms with Gasteiger partial charge >= 0.3 is 6.18 Å². The quantitative estimate of drug-likeness (QED) is 0.439.